The molecule has 0 radical (unpaired) electrons. The van der Waals surface area contributed by atoms with Crippen LogP contribution in [-0.4, -0.2) is 17.4 Å². The maximum atomic E-state index is 12.0. The van der Waals surface area contributed by atoms with Crippen LogP contribution in [0.1, 0.15) is 50.4 Å². The van der Waals surface area contributed by atoms with E-state index in [1.54, 1.807) is 12.3 Å². The molecule has 0 fully saturated rings. The minimum absolute atomic E-state index is 0.0166. The summed E-state index contributed by atoms with van der Waals surface area (Å²) in [5, 5.41) is 3.83. The van der Waals surface area contributed by atoms with Crippen LogP contribution >= 0.6 is 0 Å². The Balaban J connectivity index is 0.000000612. The number of carbonyl (C=O) groups excluding carboxylic acids is 1. The maximum Gasteiger partial charge on any atom is 0.252 e. The third-order valence-corrected chi connectivity index (χ3v) is 2.71. The first-order valence-corrected chi connectivity index (χ1v) is 7.36. The van der Waals surface area contributed by atoms with Gasteiger partial charge in [0.15, 0.2) is 0 Å². The number of nitrogens with zero attached hydrogens (tertiary/aromatic N) is 1. The lowest BCUT2D eigenvalue weighted by Gasteiger charge is -2.06. The molecule has 0 bridgehead atoms. The van der Waals surface area contributed by atoms with Crippen molar-refractivity contribution in [1.29, 1.82) is 0 Å². The molecule has 108 valence electrons. The van der Waals surface area contributed by atoms with Crippen molar-refractivity contribution in [3.63, 3.8) is 0 Å². The Labute approximate surface area is 121 Å². The molecule has 2 rings (SSSR count). The lowest BCUT2D eigenvalue weighted by Crippen LogP contribution is -2.24. The van der Waals surface area contributed by atoms with Crippen LogP contribution in [0.2, 0.25) is 0 Å². The highest BCUT2D eigenvalue weighted by Crippen LogP contribution is 2.15. The predicted octanol–water partition coefficient (Wildman–Crippen LogP) is 4.18. The zero-order valence-electron chi connectivity index (χ0n) is 12.6. The van der Waals surface area contributed by atoms with Gasteiger partial charge in [-0.25, -0.2) is 0 Å². The Morgan fingerprint density at radius 1 is 1.15 bits per heavy atom. The smallest absolute Gasteiger partial charge is 0.252 e. The second-order valence-electron chi connectivity index (χ2n) is 4.69. The van der Waals surface area contributed by atoms with Crippen molar-refractivity contribution in [1.82, 2.24) is 10.3 Å². The molecule has 0 saturated carbocycles. The predicted molar refractivity (Wildman–Crippen MR) is 84.9 cm³/mol. The summed E-state index contributed by atoms with van der Waals surface area (Å²) in [4.78, 5) is 16.2. The van der Waals surface area contributed by atoms with Crippen LogP contribution in [0, 0.1) is 0 Å². The number of para-hydroxylation sites is 1. The van der Waals surface area contributed by atoms with Crippen LogP contribution in [0.4, 0.5) is 0 Å². The van der Waals surface area contributed by atoms with Gasteiger partial charge in [0.25, 0.3) is 5.91 Å². The fraction of sp³-hybridized carbons (Fsp3) is 0.412. The van der Waals surface area contributed by atoms with E-state index in [2.05, 4.69) is 31.1 Å². The summed E-state index contributed by atoms with van der Waals surface area (Å²) < 4.78 is 0. The number of benzene rings is 1. The highest BCUT2D eigenvalue weighted by Gasteiger charge is 2.08. The molecule has 0 atom stereocenters. The Hall–Kier alpha value is -1.90. The van der Waals surface area contributed by atoms with E-state index in [0.717, 1.165) is 30.3 Å². The first kappa shape index (κ1) is 16.2. The van der Waals surface area contributed by atoms with Gasteiger partial charge in [-0.3, -0.25) is 9.78 Å². The summed E-state index contributed by atoms with van der Waals surface area (Å²) in [6.07, 6.45) is 5.02. The molecule has 0 spiro atoms. The fourth-order valence-electron chi connectivity index (χ4n) is 1.77. The SMILES string of the molecule is CCC.CCCCNC(=O)c1ccnc2ccccc12. The molecule has 1 heterocycles. The summed E-state index contributed by atoms with van der Waals surface area (Å²) >= 11 is 0. The Morgan fingerprint density at radius 3 is 2.55 bits per heavy atom. The first-order chi connectivity index (χ1) is 9.74. The monoisotopic (exact) mass is 272 g/mol. The Bertz CT molecular complexity index is 532. The number of fused-ring (bicyclic) bond motifs is 1. The molecule has 1 N–H and O–H groups in total. The lowest BCUT2D eigenvalue weighted by atomic mass is 10.1. The quantitative estimate of drug-likeness (QED) is 0.848. The third-order valence-electron chi connectivity index (χ3n) is 2.71. The number of rotatable bonds is 4. The molecule has 0 aliphatic heterocycles. The zero-order valence-corrected chi connectivity index (χ0v) is 12.6. The molecule has 0 aliphatic carbocycles. The molecular formula is C17H24N2O. The molecule has 1 aromatic carbocycles. The van der Waals surface area contributed by atoms with E-state index in [-0.39, 0.29) is 5.91 Å². The van der Waals surface area contributed by atoms with Gasteiger partial charge in [-0.2, -0.15) is 0 Å². The van der Waals surface area contributed by atoms with Gasteiger partial charge < -0.3 is 5.32 Å². The number of carbonyl (C=O) groups is 1. The molecule has 1 aromatic heterocycles. The van der Waals surface area contributed by atoms with Gasteiger partial charge >= 0.3 is 0 Å². The van der Waals surface area contributed by atoms with Crippen molar-refractivity contribution >= 4 is 16.8 Å². The number of pyridine rings is 1. The second-order valence-corrected chi connectivity index (χ2v) is 4.69. The van der Waals surface area contributed by atoms with Crippen LogP contribution in [0.3, 0.4) is 0 Å². The normalized spacial score (nSPS) is 9.75. The third kappa shape index (κ3) is 4.65. The standard InChI is InChI=1S/C14H16N2O.C3H8/c1-2-3-9-16-14(17)12-8-10-15-13-7-5-4-6-11(12)13;1-3-2/h4-8,10H,2-3,9H2,1H3,(H,16,17);3H2,1-2H3. The van der Waals surface area contributed by atoms with Gasteiger partial charge in [0, 0.05) is 18.1 Å². The summed E-state index contributed by atoms with van der Waals surface area (Å²) in [5.41, 5.74) is 1.56. The Kier molecular flexibility index (Phi) is 7.33. The van der Waals surface area contributed by atoms with Gasteiger partial charge in [0.05, 0.1) is 11.1 Å². The van der Waals surface area contributed by atoms with E-state index in [4.69, 9.17) is 0 Å². The van der Waals surface area contributed by atoms with Crippen molar-refractivity contribution in [3.8, 4) is 0 Å². The van der Waals surface area contributed by atoms with Gasteiger partial charge in [0.1, 0.15) is 0 Å². The minimum atomic E-state index is -0.0166. The number of nitrogens with one attached hydrogen (secondary N) is 1. The second kappa shape index (κ2) is 9.08. The van der Waals surface area contributed by atoms with Gasteiger partial charge in [-0.05, 0) is 18.6 Å². The van der Waals surface area contributed by atoms with E-state index in [1.165, 1.54) is 6.42 Å². The topological polar surface area (TPSA) is 42.0 Å². The number of aromatic nitrogens is 1. The van der Waals surface area contributed by atoms with Crippen molar-refractivity contribution in [2.75, 3.05) is 6.54 Å². The molecule has 3 heteroatoms. The highest BCUT2D eigenvalue weighted by molar-refractivity contribution is 6.05. The van der Waals surface area contributed by atoms with E-state index >= 15 is 0 Å². The number of unbranched alkanes of at least 4 members (excludes halogenated alkanes) is 1. The van der Waals surface area contributed by atoms with E-state index in [0.29, 0.717) is 5.56 Å². The van der Waals surface area contributed by atoms with Gasteiger partial charge in [0.2, 0.25) is 0 Å². The molecule has 0 saturated heterocycles. The number of amides is 1. The van der Waals surface area contributed by atoms with E-state index in [1.807, 2.05) is 24.3 Å². The average Bonchev–Trinajstić information content (AvgIpc) is 2.47. The fourth-order valence-corrected chi connectivity index (χ4v) is 1.77. The number of hydrogen-bond donors (Lipinski definition) is 1. The minimum Gasteiger partial charge on any atom is -0.352 e. The number of hydrogen-bond acceptors (Lipinski definition) is 2. The van der Waals surface area contributed by atoms with E-state index < -0.39 is 0 Å². The molecule has 1 amide bonds. The molecule has 20 heavy (non-hydrogen) atoms. The molecular weight excluding hydrogens is 248 g/mol. The van der Waals surface area contributed by atoms with Gasteiger partial charge in [-0.15, -0.1) is 0 Å². The largest absolute Gasteiger partial charge is 0.352 e. The summed E-state index contributed by atoms with van der Waals surface area (Å²) in [6.45, 7) is 7.08. The van der Waals surface area contributed by atoms with Crippen molar-refractivity contribution in [3.05, 3.63) is 42.1 Å². The van der Waals surface area contributed by atoms with E-state index in [9.17, 15) is 4.79 Å². The first-order valence-electron chi connectivity index (χ1n) is 7.36. The Morgan fingerprint density at radius 2 is 1.85 bits per heavy atom. The van der Waals surface area contributed by atoms with Crippen LogP contribution in [0.15, 0.2) is 36.5 Å². The van der Waals surface area contributed by atoms with Crippen LogP contribution < -0.4 is 5.32 Å². The van der Waals surface area contributed by atoms with Crippen LogP contribution in [0.5, 0.6) is 0 Å². The summed E-state index contributed by atoms with van der Waals surface area (Å²) in [6, 6.07) is 9.46. The van der Waals surface area contributed by atoms with Gasteiger partial charge in [-0.1, -0.05) is 51.8 Å². The van der Waals surface area contributed by atoms with Crippen molar-refractivity contribution in [2.24, 2.45) is 0 Å². The molecule has 0 unspecified atom stereocenters. The van der Waals surface area contributed by atoms with Crippen LogP contribution in [0.25, 0.3) is 10.9 Å². The summed E-state index contributed by atoms with van der Waals surface area (Å²) in [7, 11) is 0. The maximum absolute atomic E-state index is 12.0. The lowest BCUT2D eigenvalue weighted by molar-refractivity contribution is 0.0955. The van der Waals surface area contributed by atoms with Crippen molar-refractivity contribution in [2.45, 2.75) is 40.0 Å². The van der Waals surface area contributed by atoms with Crippen molar-refractivity contribution < 1.29 is 4.79 Å². The molecule has 0 aliphatic rings. The average molecular weight is 272 g/mol. The summed E-state index contributed by atoms with van der Waals surface area (Å²) in [5.74, 6) is -0.0166. The van der Waals surface area contributed by atoms with Crippen LogP contribution in [-0.2, 0) is 0 Å². The highest BCUT2D eigenvalue weighted by atomic mass is 16.1. The molecule has 3 nitrogen and oxygen atoms in total. The zero-order chi connectivity index (χ0) is 14.8. The molecule has 2 aromatic rings.